The lowest BCUT2D eigenvalue weighted by Crippen LogP contribution is -2.50. The number of phenolic OH excluding ortho intramolecular Hbond substituents is 3. The van der Waals surface area contributed by atoms with E-state index in [1.165, 1.54) is 42.6 Å². The number of aliphatic hydroxyl groups excluding tert-OH is 3. The largest absolute Gasteiger partial charge is 0.508 e. The number of amides is 1. The monoisotopic (exact) mass is 1370 g/mol. The minimum absolute atomic E-state index is 0.119. The molecule has 12 rings (SSSR count). The highest BCUT2D eigenvalue weighted by molar-refractivity contribution is 6.01. The van der Waals surface area contributed by atoms with Gasteiger partial charge in [-0.25, -0.2) is 4.79 Å². The summed E-state index contributed by atoms with van der Waals surface area (Å²) in [4.78, 5) is 18.8. The van der Waals surface area contributed by atoms with Gasteiger partial charge in [-0.3, -0.25) is 0 Å². The maximum absolute atomic E-state index is 12.3. The van der Waals surface area contributed by atoms with Crippen LogP contribution in [-0.2, 0) is 4.74 Å². The Bertz CT molecular complexity index is 3960. The zero-order valence-corrected chi connectivity index (χ0v) is 59.8. The second-order valence-corrected chi connectivity index (χ2v) is 27.7. The van der Waals surface area contributed by atoms with E-state index in [-0.39, 0.29) is 49.1 Å². The molecule has 13 heteroatoms. The van der Waals surface area contributed by atoms with Gasteiger partial charge in [-0.1, -0.05) is 176 Å². The van der Waals surface area contributed by atoms with Crippen LogP contribution < -0.4 is 9.47 Å². The topological polar surface area (TPSA) is 175 Å². The summed E-state index contributed by atoms with van der Waals surface area (Å²) in [6, 6.07) is 79.5. The van der Waals surface area contributed by atoms with Gasteiger partial charge in [0.15, 0.2) is 0 Å². The van der Waals surface area contributed by atoms with Crippen LogP contribution >= 0.6 is 0 Å². The summed E-state index contributed by atoms with van der Waals surface area (Å²) in [6.45, 7) is 11.2. The van der Waals surface area contributed by atoms with Crippen molar-refractivity contribution in [3.8, 4) is 28.7 Å². The van der Waals surface area contributed by atoms with E-state index in [1.807, 2.05) is 136 Å². The van der Waals surface area contributed by atoms with E-state index in [2.05, 4.69) is 109 Å². The molecule has 0 saturated carbocycles. The molecule has 3 fully saturated rings. The van der Waals surface area contributed by atoms with E-state index >= 15 is 0 Å². The van der Waals surface area contributed by atoms with E-state index < -0.39 is 5.60 Å². The van der Waals surface area contributed by atoms with Gasteiger partial charge in [0, 0.05) is 64.0 Å². The normalized spacial score (nSPS) is 16.8. The Morgan fingerprint density at radius 3 is 0.941 bits per heavy atom. The van der Waals surface area contributed by atoms with Gasteiger partial charge < -0.3 is 59.5 Å². The number of aromatic hydroxyl groups is 3. The number of likely N-dealkylation sites (tertiary alicyclic amines) is 1. The summed E-state index contributed by atoms with van der Waals surface area (Å²) < 4.78 is 17.4. The van der Waals surface area contributed by atoms with Crippen LogP contribution in [0.1, 0.15) is 147 Å². The highest BCUT2D eigenvalue weighted by Gasteiger charge is 2.35. The molecule has 13 nitrogen and oxygen atoms in total. The minimum atomic E-state index is -0.493. The third-order valence-electron chi connectivity index (χ3n) is 18.9. The first-order chi connectivity index (χ1) is 49.6. The smallest absolute Gasteiger partial charge is 0.410 e. The van der Waals surface area contributed by atoms with Gasteiger partial charge in [-0.15, -0.1) is 0 Å². The van der Waals surface area contributed by atoms with Crippen molar-refractivity contribution in [1.82, 2.24) is 14.7 Å². The number of phenols is 3. The van der Waals surface area contributed by atoms with Crippen LogP contribution in [0.5, 0.6) is 28.7 Å². The first-order valence-electron chi connectivity index (χ1n) is 36.1. The fraction of sp³-hybridized carbons (Fsp3) is 0.315. The number of benzene rings is 9. The van der Waals surface area contributed by atoms with E-state index in [4.69, 9.17) is 14.2 Å². The number of likely N-dealkylation sites (N-methyl/N-ethyl adjacent to an activating group) is 2. The van der Waals surface area contributed by atoms with Crippen LogP contribution in [0.4, 0.5) is 4.79 Å². The second kappa shape index (κ2) is 37.3. The fourth-order valence-electron chi connectivity index (χ4n) is 13.1. The number of carbonyl (C=O) groups is 1. The lowest BCUT2D eigenvalue weighted by atomic mass is 9.85. The van der Waals surface area contributed by atoms with Crippen molar-refractivity contribution < 1.29 is 49.6 Å². The zero-order valence-electron chi connectivity index (χ0n) is 59.8. The van der Waals surface area contributed by atoms with Gasteiger partial charge in [0.25, 0.3) is 0 Å². The number of rotatable bonds is 29. The van der Waals surface area contributed by atoms with Crippen molar-refractivity contribution >= 4 is 39.5 Å². The average Bonchev–Trinajstić information content (AvgIpc) is 1.05. The van der Waals surface area contributed by atoms with E-state index in [0.29, 0.717) is 32.4 Å². The molecule has 3 heterocycles. The minimum Gasteiger partial charge on any atom is -0.508 e. The van der Waals surface area contributed by atoms with Gasteiger partial charge in [0.05, 0.1) is 13.2 Å². The molecule has 0 aliphatic carbocycles. The lowest BCUT2D eigenvalue weighted by Gasteiger charge is -2.40. The quantitative estimate of drug-likeness (QED) is 0.0149. The Morgan fingerprint density at radius 2 is 0.667 bits per heavy atom. The molecule has 2 unspecified atom stereocenters. The zero-order chi connectivity index (χ0) is 71.8. The predicted octanol–water partition coefficient (Wildman–Crippen LogP) is 17.7. The number of hydrogen-bond acceptors (Lipinski definition) is 12. The number of allylic oxidation sites excluding steroid dienone is 3. The molecule has 3 saturated heterocycles. The Kier molecular flexibility index (Phi) is 27.4. The Hall–Kier alpha value is -9.73. The van der Waals surface area contributed by atoms with Gasteiger partial charge in [-0.05, 0) is 249 Å². The van der Waals surface area contributed by atoms with Crippen molar-refractivity contribution in [2.24, 2.45) is 0 Å². The molecule has 0 bridgehead atoms. The van der Waals surface area contributed by atoms with Crippen molar-refractivity contribution in [2.75, 3.05) is 73.3 Å². The highest BCUT2D eigenvalue weighted by atomic mass is 16.6. The summed E-state index contributed by atoms with van der Waals surface area (Å²) in [5.74, 6) is 2.76. The molecule has 1 amide bonds. The fourth-order valence-corrected chi connectivity index (χ4v) is 13.1. The van der Waals surface area contributed by atoms with E-state index in [0.717, 1.165) is 141 Å². The third kappa shape index (κ3) is 21.9. The van der Waals surface area contributed by atoms with Gasteiger partial charge in [0.1, 0.15) is 34.3 Å². The predicted molar refractivity (Wildman–Crippen MR) is 413 cm³/mol. The maximum Gasteiger partial charge on any atom is 0.410 e. The highest BCUT2D eigenvalue weighted by Crippen LogP contribution is 2.41. The van der Waals surface area contributed by atoms with Crippen molar-refractivity contribution in [2.45, 2.75) is 109 Å². The number of aliphatic hydroxyl groups is 3. The Balaban J connectivity index is 0.000000165. The number of nitrogens with zero attached hydrogens (tertiary/aromatic N) is 3. The third-order valence-corrected chi connectivity index (χ3v) is 18.9. The molecule has 0 radical (unpaired) electrons. The van der Waals surface area contributed by atoms with Crippen molar-refractivity contribution in [1.29, 1.82) is 0 Å². The summed E-state index contributed by atoms with van der Waals surface area (Å²) in [6.07, 6.45) is 8.51. The van der Waals surface area contributed by atoms with Crippen LogP contribution in [0.3, 0.4) is 0 Å². The van der Waals surface area contributed by atoms with E-state index in [9.17, 15) is 35.4 Å². The lowest BCUT2D eigenvalue weighted by molar-refractivity contribution is 0.00817. The molecule has 0 spiro atoms. The molecule has 3 aliphatic rings. The first-order valence-corrected chi connectivity index (χ1v) is 36.1. The number of ether oxygens (including phenoxy) is 3. The van der Waals surface area contributed by atoms with Crippen LogP contribution in [0.25, 0.3) is 33.4 Å². The number of hydrogen-bond donors (Lipinski definition) is 6. The summed E-state index contributed by atoms with van der Waals surface area (Å²) in [7, 11) is 4.32. The van der Waals surface area contributed by atoms with Crippen LogP contribution in [0, 0.1) is 0 Å². The summed E-state index contributed by atoms with van der Waals surface area (Å²) in [5, 5.41) is 58.2. The Labute approximate surface area is 603 Å². The molecule has 0 aromatic heterocycles. The Morgan fingerprint density at radius 1 is 0.382 bits per heavy atom. The average molecular weight is 1370 g/mol. The SMILES string of the molecule is CC(C)(C)OC(=O)N1CC(c2ccc(/C(=C(/CCCO)c3ccccc3)c3ccc(O)cc3)cc2)C1.CN1C[C@@H]1CCCOc1ccc(/C(=C(/CCCO)c2ccccc2)c2ccc(O)cc2)cc1.CN1C[C@H]1CCCOc1ccc(/C(=C(/CCCO)c2ccccc2)c2ccc(O)cc2)cc1. The van der Waals surface area contributed by atoms with Gasteiger partial charge in [0.2, 0.25) is 0 Å². The molecule has 102 heavy (non-hydrogen) atoms. The van der Waals surface area contributed by atoms with Crippen molar-refractivity contribution in [3.05, 3.63) is 292 Å². The summed E-state index contributed by atoms with van der Waals surface area (Å²) in [5.41, 5.74) is 17.2. The van der Waals surface area contributed by atoms with Crippen LogP contribution in [0.2, 0.25) is 0 Å². The maximum atomic E-state index is 12.3. The molecular weight excluding hydrogens is 1270 g/mol. The van der Waals surface area contributed by atoms with Crippen molar-refractivity contribution in [3.63, 3.8) is 0 Å². The first kappa shape index (κ1) is 74.9. The second-order valence-electron chi connectivity index (χ2n) is 27.7. The molecule has 9 aromatic carbocycles. The van der Waals surface area contributed by atoms with Gasteiger partial charge >= 0.3 is 6.09 Å². The summed E-state index contributed by atoms with van der Waals surface area (Å²) >= 11 is 0. The standard InChI is InChI=1S/C31H35NO4.2C29H33NO3/c1-31(2,3)36-30(35)32-20-26(21-32)22-11-13-24(14-12-22)29(25-15-17-27(34)18-16-25)28(10-7-19-33)23-8-5-4-6-9-23;2*1-30-21-25(30)9-6-20-33-27-17-13-24(14-18-27)29(23-11-15-26(32)16-12-23)28(10-5-19-31)22-7-3-2-4-8-22/h4-6,8-9,11-18,26,33-34H,7,10,19-21H2,1-3H3;2*2-4,7-8,11-18,25,31-32H,5-6,9-10,19-21H2,1H3/b29-28+;2*29-28-/t;2*25-,30?/m.10/s1. The van der Waals surface area contributed by atoms with Crippen LogP contribution in [0.15, 0.2) is 237 Å². The van der Waals surface area contributed by atoms with Gasteiger partial charge in [-0.2, -0.15) is 0 Å². The molecular formula is C89H101N3O10. The molecule has 9 aromatic rings. The molecule has 3 aliphatic heterocycles. The van der Waals surface area contributed by atoms with Crippen LogP contribution in [-0.4, -0.2) is 142 Å². The molecule has 532 valence electrons. The molecule has 4 atom stereocenters. The van der Waals surface area contributed by atoms with E-state index in [1.54, 1.807) is 41.3 Å². The molecule has 6 N–H and O–H groups in total. The number of carbonyl (C=O) groups excluding carboxylic acids is 1.